The molecule has 3 rings (SSSR count). The van der Waals surface area contributed by atoms with Gasteiger partial charge >= 0.3 is 0 Å². The Balaban J connectivity index is 1.88. The number of hydrogen-bond acceptors (Lipinski definition) is 4. The summed E-state index contributed by atoms with van der Waals surface area (Å²) >= 11 is 6.06. The number of aryl methyl sites for hydroxylation is 3. The van der Waals surface area contributed by atoms with Gasteiger partial charge in [0.05, 0.1) is 16.9 Å². The fourth-order valence-electron chi connectivity index (χ4n) is 2.76. The molecule has 0 saturated heterocycles. The molecule has 1 aromatic carbocycles. The molecule has 0 aliphatic rings. The second-order valence-electron chi connectivity index (χ2n) is 6.17. The second kappa shape index (κ2) is 7.26. The maximum Gasteiger partial charge on any atom is 0.240 e. The molecule has 138 valence electrons. The predicted octanol–water partition coefficient (Wildman–Crippen LogP) is 3.62. The Morgan fingerprint density at radius 1 is 1.23 bits per heavy atom. The van der Waals surface area contributed by atoms with E-state index in [0.717, 1.165) is 17.0 Å². The average molecular weight is 394 g/mol. The minimum absolute atomic E-state index is 0.100. The number of halogens is 1. The molecule has 0 amide bonds. The third-order valence-electron chi connectivity index (χ3n) is 4.13. The van der Waals surface area contributed by atoms with Crippen molar-refractivity contribution in [3.63, 3.8) is 0 Å². The standard InChI is InChI=1S/C18H20ClN3O3S/c1-12-6-7-15(10-16(12)19)26(23,24)20-11-17(18-5-4-8-25-18)22-14(3)9-13(2)21-22/h4-10,17,20H,11H2,1-3H3. The summed E-state index contributed by atoms with van der Waals surface area (Å²) in [6.45, 7) is 5.73. The molecule has 0 aliphatic carbocycles. The Kier molecular flexibility index (Phi) is 5.22. The Bertz CT molecular complexity index is 1010. The molecule has 1 N–H and O–H groups in total. The zero-order valence-corrected chi connectivity index (χ0v) is 16.3. The van der Waals surface area contributed by atoms with Crippen LogP contribution in [-0.2, 0) is 10.0 Å². The van der Waals surface area contributed by atoms with Crippen LogP contribution in [0, 0.1) is 20.8 Å². The Hall–Kier alpha value is -2.09. The van der Waals surface area contributed by atoms with Gasteiger partial charge in [0, 0.05) is 17.3 Å². The Labute approximate surface area is 157 Å². The number of benzene rings is 1. The maximum absolute atomic E-state index is 12.7. The van der Waals surface area contributed by atoms with Crippen LogP contribution in [0.25, 0.3) is 0 Å². The molecule has 3 aromatic rings. The van der Waals surface area contributed by atoms with Gasteiger partial charge in [-0.15, -0.1) is 0 Å². The molecule has 0 fully saturated rings. The minimum Gasteiger partial charge on any atom is -0.467 e. The van der Waals surface area contributed by atoms with Crippen molar-refractivity contribution in [3.05, 3.63) is 70.4 Å². The molecule has 2 aromatic heterocycles. The maximum atomic E-state index is 12.7. The lowest BCUT2D eigenvalue weighted by molar-refractivity contribution is 0.397. The van der Waals surface area contributed by atoms with Gasteiger partial charge in [0.1, 0.15) is 11.8 Å². The largest absolute Gasteiger partial charge is 0.467 e. The van der Waals surface area contributed by atoms with Gasteiger partial charge in [0.2, 0.25) is 10.0 Å². The van der Waals surface area contributed by atoms with E-state index in [1.165, 1.54) is 12.1 Å². The van der Waals surface area contributed by atoms with E-state index >= 15 is 0 Å². The summed E-state index contributed by atoms with van der Waals surface area (Å²) in [7, 11) is -3.72. The topological polar surface area (TPSA) is 77.1 Å². The van der Waals surface area contributed by atoms with Crippen molar-refractivity contribution in [2.45, 2.75) is 31.7 Å². The highest BCUT2D eigenvalue weighted by Gasteiger charge is 2.23. The van der Waals surface area contributed by atoms with E-state index in [-0.39, 0.29) is 11.4 Å². The van der Waals surface area contributed by atoms with Crippen molar-refractivity contribution in [2.75, 3.05) is 6.54 Å². The molecule has 0 aliphatic heterocycles. The molecule has 8 heteroatoms. The summed E-state index contributed by atoms with van der Waals surface area (Å²) in [6.07, 6.45) is 1.56. The number of hydrogen-bond donors (Lipinski definition) is 1. The van der Waals surface area contributed by atoms with Gasteiger partial charge < -0.3 is 4.42 Å². The molecule has 6 nitrogen and oxygen atoms in total. The summed E-state index contributed by atoms with van der Waals surface area (Å²) in [5, 5.41) is 4.88. The van der Waals surface area contributed by atoms with Crippen LogP contribution in [0.5, 0.6) is 0 Å². The lowest BCUT2D eigenvalue weighted by Crippen LogP contribution is -2.32. The summed E-state index contributed by atoms with van der Waals surface area (Å²) < 4.78 is 35.2. The van der Waals surface area contributed by atoms with E-state index in [4.69, 9.17) is 16.0 Å². The van der Waals surface area contributed by atoms with Gasteiger partial charge in [-0.1, -0.05) is 17.7 Å². The number of rotatable bonds is 6. The van der Waals surface area contributed by atoms with Crippen LogP contribution in [0.4, 0.5) is 0 Å². The van der Waals surface area contributed by atoms with Crippen LogP contribution in [0.1, 0.15) is 28.8 Å². The summed E-state index contributed by atoms with van der Waals surface area (Å²) in [5.74, 6) is 0.626. The highest BCUT2D eigenvalue weighted by Crippen LogP contribution is 2.23. The molecule has 26 heavy (non-hydrogen) atoms. The van der Waals surface area contributed by atoms with Crippen LogP contribution in [0.3, 0.4) is 0 Å². The molecule has 0 radical (unpaired) electrons. The fraction of sp³-hybridized carbons (Fsp3) is 0.278. The van der Waals surface area contributed by atoms with E-state index in [1.807, 2.05) is 26.8 Å². The molecule has 0 spiro atoms. The van der Waals surface area contributed by atoms with Crippen LogP contribution < -0.4 is 4.72 Å². The molecule has 2 heterocycles. The van der Waals surface area contributed by atoms with Gasteiger partial charge in [-0.05, 0) is 56.7 Å². The van der Waals surface area contributed by atoms with Crippen molar-refractivity contribution in [1.29, 1.82) is 0 Å². The van der Waals surface area contributed by atoms with Crippen LogP contribution >= 0.6 is 11.6 Å². The van der Waals surface area contributed by atoms with Crippen molar-refractivity contribution in [2.24, 2.45) is 0 Å². The molecule has 1 atom stereocenters. The Morgan fingerprint density at radius 2 is 2.00 bits per heavy atom. The molecular formula is C18H20ClN3O3S. The summed E-state index contributed by atoms with van der Waals surface area (Å²) in [6, 6.07) is 9.78. The fourth-order valence-corrected chi connectivity index (χ4v) is 4.07. The van der Waals surface area contributed by atoms with Crippen molar-refractivity contribution < 1.29 is 12.8 Å². The second-order valence-corrected chi connectivity index (χ2v) is 8.34. The van der Waals surface area contributed by atoms with E-state index in [1.54, 1.807) is 29.1 Å². The minimum atomic E-state index is -3.72. The number of aromatic nitrogens is 2. The first-order valence-corrected chi connectivity index (χ1v) is 9.96. The van der Waals surface area contributed by atoms with E-state index < -0.39 is 16.1 Å². The third kappa shape index (κ3) is 3.85. The quantitative estimate of drug-likeness (QED) is 0.693. The monoisotopic (exact) mass is 393 g/mol. The van der Waals surface area contributed by atoms with Gasteiger partial charge in [0.25, 0.3) is 0 Å². The first-order chi connectivity index (χ1) is 12.3. The number of nitrogens with zero attached hydrogens (tertiary/aromatic N) is 2. The van der Waals surface area contributed by atoms with Crippen LogP contribution in [-0.4, -0.2) is 24.7 Å². The normalized spacial score (nSPS) is 13.1. The summed E-state index contributed by atoms with van der Waals surface area (Å²) in [5.41, 5.74) is 2.59. The smallest absolute Gasteiger partial charge is 0.240 e. The van der Waals surface area contributed by atoms with E-state index in [2.05, 4.69) is 9.82 Å². The van der Waals surface area contributed by atoms with Gasteiger partial charge in [-0.2, -0.15) is 5.10 Å². The first-order valence-electron chi connectivity index (χ1n) is 8.10. The number of furan rings is 1. The molecule has 0 bridgehead atoms. The van der Waals surface area contributed by atoms with Gasteiger partial charge in [-0.25, -0.2) is 13.1 Å². The SMILES string of the molecule is Cc1cc(C)n(C(CNS(=O)(=O)c2ccc(C)c(Cl)c2)c2ccco2)n1. The van der Waals surface area contributed by atoms with Crippen LogP contribution in [0.2, 0.25) is 5.02 Å². The highest BCUT2D eigenvalue weighted by molar-refractivity contribution is 7.89. The lowest BCUT2D eigenvalue weighted by atomic mass is 10.2. The third-order valence-corrected chi connectivity index (χ3v) is 5.96. The van der Waals surface area contributed by atoms with Gasteiger partial charge in [0.15, 0.2) is 0 Å². The lowest BCUT2D eigenvalue weighted by Gasteiger charge is -2.18. The molecule has 0 saturated carbocycles. The highest BCUT2D eigenvalue weighted by atomic mass is 35.5. The van der Waals surface area contributed by atoms with Crippen LogP contribution in [0.15, 0.2) is 52.0 Å². The number of nitrogens with one attached hydrogen (secondary N) is 1. The number of sulfonamides is 1. The first kappa shape index (κ1) is 18.7. The molecule has 1 unspecified atom stereocenters. The van der Waals surface area contributed by atoms with Gasteiger partial charge in [-0.3, -0.25) is 4.68 Å². The molecular weight excluding hydrogens is 374 g/mol. The van der Waals surface area contributed by atoms with Crippen molar-refractivity contribution in [1.82, 2.24) is 14.5 Å². The zero-order chi connectivity index (χ0) is 18.9. The van der Waals surface area contributed by atoms with Crippen molar-refractivity contribution >= 4 is 21.6 Å². The summed E-state index contributed by atoms with van der Waals surface area (Å²) in [4.78, 5) is 0.125. The predicted molar refractivity (Wildman–Crippen MR) is 99.9 cm³/mol. The van der Waals surface area contributed by atoms with E-state index in [0.29, 0.717) is 10.8 Å². The average Bonchev–Trinajstić information content (AvgIpc) is 3.20. The van der Waals surface area contributed by atoms with Crippen molar-refractivity contribution in [3.8, 4) is 0 Å². The van der Waals surface area contributed by atoms with E-state index in [9.17, 15) is 8.42 Å². The Morgan fingerprint density at radius 3 is 2.58 bits per heavy atom. The zero-order valence-electron chi connectivity index (χ0n) is 14.7.